The van der Waals surface area contributed by atoms with Gasteiger partial charge in [0.25, 0.3) is 0 Å². The van der Waals surface area contributed by atoms with Crippen LogP contribution in [0.5, 0.6) is 0 Å². The van der Waals surface area contributed by atoms with Crippen LogP contribution in [0, 0.1) is 0 Å². The number of anilines is 1. The molecule has 2 aromatic rings. The minimum Gasteiger partial charge on any atom is -0.467 e. The van der Waals surface area contributed by atoms with Crippen LogP contribution in [0.4, 0.5) is 5.82 Å². The van der Waals surface area contributed by atoms with Crippen LogP contribution in [0.3, 0.4) is 0 Å². The van der Waals surface area contributed by atoms with Crippen molar-refractivity contribution in [3.8, 4) is 0 Å². The summed E-state index contributed by atoms with van der Waals surface area (Å²) < 4.78 is 5.40. The topological polar surface area (TPSA) is 42.2 Å². The van der Waals surface area contributed by atoms with Gasteiger partial charge in [0.15, 0.2) is 5.82 Å². The largest absolute Gasteiger partial charge is 0.467 e. The molecule has 0 atom stereocenters. The minimum absolute atomic E-state index is 0.398. The first-order valence-corrected chi connectivity index (χ1v) is 6.58. The van der Waals surface area contributed by atoms with Gasteiger partial charge in [0.05, 0.1) is 24.4 Å². The molecule has 1 fully saturated rings. The molecule has 2 aromatic heterocycles. The first-order chi connectivity index (χ1) is 8.86. The fourth-order valence-corrected chi connectivity index (χ4v) is 2.07. The van der Waals surface area contributed by atoms with Crippen molar-refractivity contribution in [1.82, 2.24) is 10.2 Å². The van der Waals surface area contributed by atoms with Gasteiger partial charge in [-0.3, -0.25) is 0 Å². The molecule has 2 heterocycles. The predicted octanol–water partition coefficient (Wildman–Crippen LogP) is 2.98. The number of alkyl halides is 1. The van der Waals surface area contributed by atoms with Gasteiger partial charge in [0, 0.05) is 6.04 Å². The van der Waals surface area contributed by atoms with Crippen LogP contribution in [-0.2, 0) is 12.4 Å². The van der Waals surface area contributed by atoms with Crippen LogP contribution >= 0.6 is 11.6 Å². The van der Waals surface area contributed by atoms with Gasteiger partial charge < -0.3 is 9.32 Å². The molecule has 0 spiro atoms. The third kappa shape index (κ3) is 2.48. The maximum absolute atomic E-state index is 5.72. The smallest absolute Gasteiger partial charge is 0.151 e. The van der Waals surface area contributed by atoms with Crippen molar-refractivity contribution in [2.24, 2.45) is 0 Å². The molecule has 5 heteroatoms. The normalized spacial score (nSPS) is 14.7. The summed E-state index contributed by atoms with van der Waals surface area (Å²) in [6.45, 7) is 0.743. The van der Waals surface area contributed by atoms with Crippen molar-refractivity contribution < 1.29 is 4.42 Å². The van der Waals surface area contributed by atoms with Gasteiger partial charge in [0.1, 0.15) is 5.76 Å². The highest BCUT2D eigenvalue weighted by Gasteiger charge is 2.30. The van der Waals surface area contributed by atoms with Crippen LogP contribution < -0.4 is 4.90 Å². The summed E-state index contributed by atoms with van der Waals surface area (Å²) >= 11 is 5.72. The Hall–Kier alpha value is -1.55. The fraction of sp³-hybridized carbons (Fsp3) is 0.385. The molecular formula is C13H14ClN3O. The zero-order valence-electron chi connectivity index (χ0n) is 9.92. The Balaban J connectivity index is 1.80. The monoisotopic (exact) mass is 263 g/mol. The second-order valence-corrected chi connectivity index (χ2v) is 4.72. The highest BCUT2D eigenvalue weighted by Crippen LogP contribution is 2.31. The van der Waals surface area contributed by atoms with Crippen LogP contribution in [0.15, 0.2) is 34.9 Å². The van der Waals surface area contributed by atoms with Gasteiger partial charge in [-0.2, -0.15) is 5.10 Å². The molecular weight excluding hydrogens is 250 g/mol. The summed E-state index contributed by atoms with van der Waals surface area (Å²) in [5.74, 6) is 2.24. The van der Waals surface area contributed by atoms with Crippen LogP contribution in [0.25, 0.3) is 0 Å². The SMILES string of the molecule is ClCc1ccc(N(Cc2ccco2)C2CC2)nn1. The Morgan fingerprint density at radius 1 is 1.28 bits per heavy atom. The summed E-state index contributed by atoms with van der Waals surface area (Å²) in [7, 11) is 0. The van der Waals surface area contributed by atoms with Gasteiger partial charge in [-0.15, -0.1) is 16.7 Å². The fourth-order valence-electron chi connectivity index (χ4n) is 1.93. The van der Waals surface area contributed by atoms with Crippen molar-refractivity contribution in [2.75, 3.05) is 4.90 Å². The summed E-state index contributed by atoms with van der Waals surface area (Å²) in [5, 5.41) is 8.34. The molecule has 1 aliphatic carbocycles. The van der Waals surface area contributed by atoms with E-state index in [0.717, 1.165) is 23.8 Å². The zero-order valence-corrected chi connectivity index (χ0v) is 10.7. The zero-order chi connectivity index (χ0) is 12.4. The minimum atomic E-state index is 0.398. The lowest BCUT2D eigenvalue weighted by atomic mass is 10.3. The molecule has 0 N–H and O–H groups in total. The Kier molecular flexibility index (Phi) is 3.19. The molecule has 0 unspecified atom stereocenters. The maximum Gasteiger partial charge on any atom is 0.151 e. The number of rotatable bonds is 5. The van der Waals surface area contributed by atoms with E-state index >= 15 is 0 Å². The van der Waals surface area contributed by atoms with Gasteiger partial charge in [-0.25, -0.2) is 0 Å². The van der Waals surface area contributed by atoms with E-state index in [-0.39, 0.29) is 0 Å². The number of hydrogen-bond acceptors (Lipinski definition) is 4. The average molecular weight is 264 g/mol. The lowest BCUT2D eigenvalue weighted by Crippen LogP contribution is -2.26. The molecule has 0 saturated heterocycles. The first-order valence-electron chi connectivity index (χ1n) is 6.04. The Morgan fingerprint density at radius 2 is 2.17 bits per heavy atom. The molecule has 3 rings (SSSR count). The number of furan rings is 1. The van der Waals surface area contributed by atoms with Gasteiger partial charge in [0.2, 0.25) is 0 Å². The second-order valence-electron chi connectivity index (χ2n) is 4.45. The Labute approximate surface area is 111 Å². The number of nitrogens with zero attached hydrogens (tertiary/aromatic N) is 3. The molecule has 94 valence electrons. The standard InChI is InChI=1S/C13H14ClN3O/c14-8-10-3-6-13(16-15-10)17(11-4-5-11)9-12-2-1-7-18-12/h1-3,6-7,11H,4-5,8-9H2. The van der Waals surface area contributed by atoms with E-state index in [1.807, 2.05) is 24.3 Å². The molecule has 18 heavy (non-hydrogen) atoms. The van der Waals surface area contributed by atoms with Crippen LogP contribution in [-0.4, -0.2) is 16.2 Å². The summed E-state index contributed by atoms with van der Waals surface area (Å²) in [6.07, 6.45) is 4.11. The molecule has 0 aromatic carbocycles. The van der Waals surface area contributed by atoms with Crippen molar-refractivity contribution in [3.05, 3.63) is 42.0 Å². The first kappa shape index (κ1) is 11.5. The van der Waals surface area contributed by atoms with Crippen molar-refractivity contribution in [2.45, 2.75) is 31.3 Å². The quantitative estimate of drug-likeness (QED) is 0.778. The maximum atomic E-state index is 5.72. The van der Waals surface area contributed by atoms with Gasteiger partial charge >= 0.3 is 0 Å². The molecule has 1 aliphatic rings. The van der Waals surface area contributed by atoms with E-state index in [1.165, 1.54) is 12.8 Å². The number of hydrogen-bond donors (Lipinski definition) is 0. The highest BCUT2D eigenvalue weighted by molar-refractivity contribution is 6.16. The Bertz CT molecular complexity index is 493. The molecule has 1 saturated carbocycles. The lowest BCUT2D eigenvalue weighted by molar-refractivity contribution is 0.499. The average Bonchev–Trinajstić information content (AvgIpc) is 3.13. The highest BCUT2D eigenvalue weighted by atomic mass is 35.5. The van der Waals surface area contributed by atoms with E-state index < -0.39 is 0 Å². The second kappa shape index (κ2) is 4.98. The molecule has 0 amide bonds. The van der Waals surface area contributed by atoms with E-state index in [1.54, 1.807) is 6.26 Å². The number of aromatic nitrogens is 2. The van der Waals surface area contributed by atoms with Crippen molar-refractivity contribution in [3.63, 3.8) is 0 Å². The van der Waals surface area contributed by atoms with Crippen molar-refractivity contribution >= 4 is 17.4 Å². The summed E-state index contributed by atoms with van der Waals surface area (Å²) in [5.41, 5.74) is 0.800. The predicted molar refractivity (Wildman–Crippen MR) is 69.5 cm³/mol. The molecule has 0 radical (unpaired) electrons. The van der Waals surface area contributed by atoms with E-state index in [2.05, 4.69) is 15.1 Å². The lowest BCUT2D eigenvalue weighted by Gasteiger charge is -2.21. The third-order valence-corrected chi connectivity index (χ3v) is 3.30. The van der Waals surface area contributed by atoms with E-state index in [0.29, 0.717) is 11.9 Å². The van der Waals surface area contributed by atoms with Crippen LogP contribution in [0.2, 0.25) is 0 Å². The Morgan fingerprint density at radius 3 is 2.72 bits per heavy atom. The van der Waals surface area contributed by atoms with Crippen molar-refractivity contribution in [1.29, 1.82) is 0 Å². The van der Waals surface area contributed by atoms with E-state index in [9.17, 15) is 0 Å². The van der Waals surface area contributed by atoms with Crippen LogP contribution in [0.1, 0.15) is 24.3 Å². The van der Waals surface area contributed by atoms with Gasteiger partial charge in [-0.1, -0.05) is 0 Å². The third-order valence-electron chi connectivity index (χ3n) is 3.03. The molecule has 0 aliphatic heterocycles. The molecule has 4 nitrogen and oxygen atoms in total. The number of halogens is 1. The molecule has 0 bridgehead atoms. The summed E-state index contributed by atoms with van der Waals surface area (Å²) in [6, 6.07) is 8.35. The van der Waals surface area contributed by atoms with E-state index in [4.69, 9.17) is 16.0 Å². The van der Waals surface area contributed by atoms with Gasteiger partial charge in [-0.05, 0) is 37.1 Å². The summed E-state index contributed by atoms with van der Waals surface area (Å²) in [4.78, 5) is 2.24.